The van der Waals surface area contributed by atoms with Crippen LogP contribution in [0.3, 0.4) is 0 Å². The Kier molecular flexibility index (Phi) is 3.66. The van der Waals surface area contributed by atoms with Gasteiger partial charge in [0.1, 0.15) is 5.82 Å². The lowest BCUT2D eigenvalue weighted by atomic mass is 10.2. The Morgan fingerprint density at radius 1 is 1.35 bits per heavy atom. The Hall–Kier alpha value is -1.10. The summed E-state index contributed by atoms with van der Waals surface area (Å²) in [5, 5.41) is 3.07. The van der Waals surface area contributed by atoms with Crippen molar-refractivity contribution in [3.05, 3.63) is 23.4 Å². The predicted molar refractivity (Wildman–Crippen MR) is 69.1 cm³/mol. The van der Waals surface area contributed by atoms with Gasteiger partial charge < -0.3 is 5.32 Å². The molecular formula is C12H18N2O2S. The van der Waals surface area contributed by atoms with Crippen LogP contribution in [0.4, 0.5) is 5.82 Å². The zero-order chi connectivity index (χ0) is 12.3. The van der Waals surface area contributed by atoms with Crippen LogP contribution in [0.5, 0.6) is 0 Å². The summed E-state index contributed by atoms with van der Waals surface area (Å²) in [6.45, 7) is 2.10. The fourth-order valence-electron chi connectivity index (χ4n) is 2.00. The van der Waals surface area contributed by atoms with E-state index in [1.807, 2.05) is 6.07 Å². The SMILES string of the molecule is CCS(=O)(=O)CCNc1ccc2c(n1)CCC2. The van der Waals surface area contributed by atoms with E-state index in [1.165, 1.54) is 12.0 Å². The zero-order valence-electron chi connectivity index (χ0n) is 10.1. The van der Waals surface area contributed by atoms with Crippen LogP contribution >= 0.6 is 0 Å². The normalized spacial score (nSPS) is 14.6. The van der Waals surface area contributed by atoms with Crippen molar-refractivity contribution in [3.63, 3.8) is 0 Å². The summed E-state index contributed by atoms with van der Waals surface area (Å²) < 4.78 is 22.6. The van der Waals surface area contributed by atoms with Gasteiger partial charge >= 0.3 is 0 Å². The monoisotopic (exact) mass is 254 g/mol. The molecule has 0 unspecified atom stereocenters. The van der Waals surface area contributed by atoms with Gasteiger partial charge in [-0.05, 0) is 30.9 Å². The summed E-state index contributed by atoms with van der Waals surface area (Å²) in [7, 11) is -2.89. The van der Waals surface area contributed by atoms with E-state index in [-0.39, 0.29) is 11.5 Å². The summed E-state index contributed by atoms with van der Waals surface area (Å²) >= 11 is 0. The maximum Gasteiger partial charge on any atom is 0.151 e. The van der Waals surface area contributed by atoms with Crippen molar-refractivity contribution in [2.75, 3.05) is 23.4 Å². The van der Waals surface area contributed by atoms with Gasteiger partial charge in [-0.15, -0.1) is 0 Å². The average molecular weight is 254 g/mol. The summed E-state index contributed by atoms with van der Waals surface area (Å²) in [4.78, 5) is 4.49. The standard InChI is InChI=1S/C12H18N2O2S/c1-2-17(15,16)9-8-13-12-7-6-10-4-3-5-11(10)14-12/h6-7H,2-5,8-9H2,1H3,(H,13,14). The van der Waals surface area contributed by atoms with E-state index in [2.05, 4.69) is 16.4 Å². The third-order valence-corrected chi connectivity index (χ3v) is 4.79. The minimum absolute atomic E-state index is 0.169. The van der Waals surface area contributed by atoms with E-state index in [9.17, 15) is 8.42 Å². The molecule has 1 aliphatic carbocycles. The molecule has 0 saturated carbocycles. The van der Waals surface area contributed by atoms with Crippen molar-refractivity contribution in [2.45, 2.75) is 26.2 Å². The number of nitrogens with zero attached hydrogens (tertiary/aromatic N) is 1. The molecule has 0 atom stereocenters. The first kappa shape index (κ1) is 12.4. The van der Waals surface area contributed by atoms with Crippen LogP contribution in [0.2, 0.25) is 0 Å². The van der Waals surface area contributed by atoms with Gasteiger partial charge in [0.05, 0.1) is 5.75 Å². The summed E-state index contributed by atoms with van der Waals surface area (Å²) in [5.41, 5.74) is 2.49. The lowest BCUT2D eigenvalue weighted by Crippen LogP contribution is -2.17. The molecule has 0 bridgehead atoms. The highest BCUT2D eigenvalue weighted by Gasteiger charge is 2.12. The molecule has 94 valence electrons. The van der Waals surface area contributed by atoms with Crippen molar-refractivity contribution in [1.29, 1.82) is 0 Å². The molecule has 1 heterocycles. The van der Waals surface area contributed by atoms with Gasteiger partial charge in [0.15, 0.2) is 9.84 Å². The molecule has 0 fully saturated rings. The Morgan fingerprint density at radius 3 is 2.94 bits per heavy atom. The quantitative estimate of drug-likeness (QED) is 0.863. The van der Waals surface area contributed by atoms with Gasteiger partial charge in [-0.2, -0.15) is 0 Å². The predicted octanol–water partition coefficient (Wildman–Crippen LogP) is 1.42. The molecule has 1 aromatic heterocycles. The molecule has 1 N–H and O–H groups in total. The maximum absolute atomic E-state index is 11.3. The van der Waals surface area contributed by atoms with E-state index >= 15 is 0 Å². The van der Waals surface area contributed by atoms with Crippen LogP contribution < -0.4 is 5.32 Å². The zero-order valence-corrected chi connectivity index (χ0v) is 10.9. The minimum Gasteiger partial charge on any atom is -0.369 e. The van der Waals surface area contributed by atoms with Crippen molar-refractivity contribution >= 4 is 15.7 Å². The highest BCUT2D eigenvalue weighted by molar-refractivity contribution is 7.91. The van der Waals surface area contributed by atoms with Gasteiger partial charge in [0.25, 0.3) is 0 Å². The van der Waals surface area contributed by atoms with Crippen molar-refractivity contribution in [3.8, 4) is 0 Å². The molecule has 4 nitrogen and oxygen atoms in total. The molecule has 0 aromatic carbocycles. The number of rotatable bonds is 5. The van der Waals surface area contributed by atoms with Crippen molar-refractivity contribution in [2.24, 2.45) is 0 Å². The smallest absolute Gasteiger partial charge is 0.151 e. The van der Waals surface area contributed by atoms with Crippen LogP contribution in [0, 0.1) is 0 Å². The third kappa shape index (κ3) is 3.19. The first-order chi connectivity index (χ1) is 8.11. The molecule has 0 radical (unpaired) electrons. The lowest BCUT2D eigenvalue weighted by Gasteiger charge is -2.07. The fraction of sp³-hybridized carbons (Fsp3) is 0.583. The second-order valence-corrected chi connectivity index (χ2v) is 6.79. The number of fused-ring (bicyclic) bond motifs is 1. The van der Waals surface area contributed by atoms with E-state index < -0.39 is 9.84 Å². The Morgan fingerprint density at radius 2 is 2.18 bits per heavy atom. The largest absolute Gasteiger partial charge is 0.369 e. The van der Waals surface area contributed by atoms with Gasteiger partial charge in [0, 0.05) is 18.0 Å². The average Bonchev–Trinajstić information content (AvgIpc) is 2.76. The molecule has 1 aliphatic rings. The van der Waals surface area contributed by atoms with Crippen molar-refractivity contribution < 1.29 is 8.42 Å². The highest BCUT2D eigenvalue weighted by atomic mass is 32.2. The van der Waals surface area contributed by atoms with E-state index in [1.54, 1.807) is 6.92 Å². The number of aromatic nitrogens is 1. The number of aryl methyl sites for hydroxylation is 2. The van der Waals surface area contributed by atoms with Crippen LogP contribution in [-0.2, 0) is 22.7 Å². The Labute approximate surface area is 102 Å². The number of sulfone groups is 1. The van der Waals surface area contributed by atoms with E-state index in [0.29, 0.717) is 6.54 Å². The van der Waals surface area contributed by atoms with Crippen molar-refractivity contribution in [1.82, 2.24) is 4.98 Å². The number of pyridine rings is 1. The van der Waals surface area contributed by atoms with Gasteiger partial charge in [-0.3, -0.25) is 0 Å². The van der Waals surface area contributed by atoms with Crippen LogP contribution in [0.1, 0.15) is 24.6 Å². The first-order valence-corrected chi connectivity index (χ1v) is 7.86. The molecule has 5 heteroatoms. The van der Waals surface area contributed by atoms with Crippen LogP contribution in [0.25, 0.3) is 0 Å². The second kappa shape index (κ2) is 5.04. The lowest BCUT2D eigenvalue weighted by molar-refractivity contribution is 0.597. The highest BCUT2D eigenvalue weighted by Crippen LogP contribution is 2.21. The molecule has 17 heavy (non-hydrogen) atoms. The number of anilines is 1. The molecule has 0 aliphatic heterocycles. The molecule has 0 amide bonds. The summed E-state index contributed by atoms with van der Waals surface area (Å²) in [5.74, 6) is 1.16. The second-order valence-electron chi connectivity index (χ2n) is 4.32. The third-order valence-electron chi connectivity index (χ3n) is 3.09. The number of nitrogens with one attached hydrogen (secondary N) is 1. The number of hydrogen-bond donors (Lipinski definition) is 1. The molecular weight excluding hydrogens is 236 g/mol. The Bertz CT molecular complexity index is 497. The van der Waals surface area contributed by atoms with E-state index in [4.69, 9.17) is 0 Å². The molecule has 2 rings (SSSR count). The van der Waals surface area contributed by atoms with Crippen LogP contribution in [-0.4, -0.2) is 31.5 Å². The molecule has 1 aromatic rings. The number of hydrogen-bond acceptors (Lipinski definition) is 4. The van der Waals surface area contributed by atoms with E-state index in [0.717, 1.165) is 24.4 Å². The van der Waals surface area contributed by atoms with Gasteiger partial charge in [0.2, 0.25) is 0 Å². The summed E-state index contributed by atoms with van der Waals surface area (Å²) in [6.07, 6.45) is 3.33. The minimum atomic E-state index is -2.89. The van der Waals surface area contributed by atoms with Crippen LogP contribution in [0.15, 0.2) is 12.1 Å². The molecule has 0 saturated heterocycles. The van der Waals surface area contributed by atoms with Gasteiger partial charge in [-0.1, -0.05) is 13.0 Å². The van der Waals surface area contributed by atoms with Gasteiger partial charge in [-0.25, -0.2) is 13.4 Å². The maximum atomic E-state index is 11.3. The fourth-order valence-corrected chi connectivity index (χ4v) is 2.70. The summed E-state index contributed by atoms with van der Waals surface area (Å²) in [6, 6.07) is 4.02. The Balaban J connectivity index is 1.92. The first-order valence-electron chi connectivity index (χ1n) is 6.04. The topological polar surface area (TPSA) is 59.1 Å². The molecule has 0 spiro atoms.